The maximum Gasteiger partial charge on any atom is 0.340 e. The van der Waals surface area contributed by atoms with E-state index in [9.17, 15) is 4.79 Å². The number of esters is 1. The van der Waals surface area contributed by atoms with Gasteiger partial charge >= 0.3 is 5.97 Å². The van der Waals surface area contributed by atoms with Crippen LogP contribution in [0.5, 0.6) is 0 Å². The molecule has 0 bridgehead atoms. The largest absolute Gasteiger partial charge is 0.456 e. The fourth-order valence-electron chi connectivity index (χ4n) is 2.39. The number of aliphatic hydroxyl groups excluding tert-OH is 1. The third-order valence-electron chi connectivity index (χ3n) is 3.61. The molecule has 1 fully saturated rings. The van der Waals surface area contributed by atoms with Crippen molar-refractivity contribution >= 4 is 17.6 Å². The highest BCUT2D eigenvalue weighted by Crippen LogP contribution is 2.41. The Balaban J connectivity index is 2.08. The molecule has 0 aliphatic heterocycles. The molecule has 0 aromatic carbocycles. The highest BCUT2D eigenvalue weighted by Gasteiger charge is 2.36. The van der Waals surface area contributed by atoms with E-state index in [1.165, 1.54) is 0 Å². The van der Waals surface area contributed by atoms with Crippen LogP contribution in [0.1, 0.15) is 49.7 Å². The van der Waals surface area contributed by atoms with E-state index in [1.54, 1.807) is 12.1 Å². The Hall–Kier alpha value is -1.13. The van der Waals surface area contributed by atoms with E-state index in [2.05, 4.69) is 4.98 Å². The zero-order chi connectivity index (χ0) is 15.6. The molecule has 0 amide bonds. The summed E-state index contributed by atoms with van der Waals surface area (Å²) < 4.78 is 5.41. The predicted molar refractivity (Wildman–Crippen MR) is 81.4 cm³/mol. The summed E-state index contributed by atoms with van der Waals surface area (Å²) in [7, 11) is 0. The molecule has 5 heteroatoms. The maximum atomic E-state index is 12.2. The number of aromatic nitrogens is 1. The monoisotopic (exact) mass is 311 g/mol. The zero-order valence-electron chi connectivity index (χ0n) is 12.7. The van der Waals surface area contributed by atoms with Crippen molar-refractivity contribution in [1.29, 1.82) is 0 Å². The summed E-state index contributed by atoms with van der Waals surface area (Å²) in [6.45, 7) is 5.75. The van der Waals surface area contributed by atoms with Crippen LogP contribution in [0, 0.1) is 11.8 Å². The zero-order valence-corrected chi connectivity index (χ0v) is 13.5. The van der Waals surface area contributed by atoms with Gasteiger partial charge in [-0.3, -0.25) is 0 Å². The number of halogens is 1. The molecular formula is C16H22ClNO3. The Morgan fingerprint density at radius 1 is 1.43 bits per heavy atom. The molecule has 1 aromatic rings. The van der Waals surface area contributed by atoms with Crippen molar-refractivity contribution < 1.29 is 14.6 Å². The summed E-state index contributed by atoms with van der Waals surface area (Å²) in [5, 5.41) is 9.46. The van der Waals surface area contributed by atoms with Crippen molar-refractivity contribution in [2.75, 3.05) is 6.61 Å². The molecule has 1 heterocycles. The third kappa shape index (κ3) is 4.68. The molecule has 2 atom stereocenters. The Kier molecular flexibility index (Phi) is 4.89. The molecular weight excluding hydrogens is 290 g/mol. The average Bonchev–Trinajstić information content (AvgIpc) is 3.12. The van der Waals surface area contributed by atoms with E-state index >= 15 is 0 Å². The number of aliphatic hydroxyl groups is 1. The number of hydrogen-bond acceptors (Lipinski definition) is 4. The van der Waals surface area contributed by atoms with E-state index < -0.39 is 5.60 Å². The van der Waals surface area contributed by atoms with Gasteiger partial charge in [-0.15, -0.1) is 0 Å². The van der Waals surface area contributed by atoms with Crippen LogP contribution in [-0.4, -0.2) is 28.3 Å². The lowest BCUT2D eigenvalue weighted by molar-refractivity contribution is 0.00677. The van der Waals surface area contributed by atoms with Gasteiger partial charge in [-0.25, -0.2) is 9.78 Å². The predicted octanol–water partition coefficient (Wildman–Crippen LogP) is 3.25. The lowest BCUT2D eigenvalue weighted by atomic mass is 10.1. The highest BCUT2D eigenvalue weighted by atomic mass is 35.5. The Morgan fingerprint density at radius 2 is 2.14 bits per heavy atom. The molecule has 1 saturated carbocycles. The molecule has 0 radical (unpaired) electrons. The number of nitrogens with zero attached hydrogens (tertiary/aromatic N) is 1. The second-order valence-corrected chi connectivity index (χ2v) is 6.99. The van der Waals surface area contributed by atoms with Crippen LogP contribution in [-0.2, 0) is 11.2 Å². The van der Waals surface area contributed by atoms with Crippen molar-refractivity contribution in [1.82, 2.24) is 4.98 Å². The fourth-order valence-corrected chi connectivity index (χ4v) is 2.56. The molecule has 0 saturated heterocycles. The molecule has 1 N–H and O–H groups in total. The third-order valence-corrected chi connectivity index (χ3v) is 3.82. The van der Waals surface area contributed by atoms with Crippen molar-refractivity contribution in [2.45, 2.75) is 45.6 Å². The van der Waals surface area contributed by atoms with Crippen LogP contribution in [0.25, 0.3) is 0 Å². The van der Waals surface area contributed by atoms with Crippen LogP contribution in [0.2, 0.25) is 5.15 Å². The van der Waals surface area contributed by atoms with Gasteiger partial charge in [-0.2, -0.15) is 0 Å². The first kappa shape index (κ1) is 16.2. The Labute approximate surface area is 130 Å². The van der Waals surface area contributed by atoms with Gasteiger partial charge in [0.15, 0.2) is 0 Å². The lowest BCUT2D eigenvalue weighted by Gasteiger charge is -2.20. The van der Waals surface area contributed by atoms with E-state index in [-0.39, 0.29) is 12.6 Å². The summed E-state index contributed by atoms with van der Waals surface area (Å²) in [4.78, 5) is 16.5. The second kappa shape index (κ2) is 6.32. The molecule has 4 nitrogen and oxygen atoms in total. The number of ether oxygens (including phenoxy) is 1. The lowest BCUT2D eigenvalue weighted by Crippen LogP contribution is -2.24. The number of carbonyl (C=O) groups excluding carboxylic acids is 1. The van der Waals surface area contributed by atoms with Crippen molar-refractivity contribution in [2.24, 2.45) is 11.8 Å². The summed E-state index contributed by atoms with van der Waals surface area (Å²) in [6, 6.07) is 3.28. The standard InChI is InChI=1S/C16H22ClNO3/c1-16(2,3)21-15(20)12-5-7-14(17)18-13(12)6-4-10-8-11(10)9-19/h5,7,10-11,19H,4,6,8-9H2,1-3H3/t10-,11-/m0/s1. The van der Waals surface area contributed by atoms with Crippen LogP contribution in [0.4, 0.5) is 0 Å². The summed E-state index contributed by atoms with van der Waals surface area (Å²) >= 11 is 5.94. The van der Waals surface area contributed by atoms with Gasteiger partial charge in [0.2, 0.25) is 0 Å². The van der Waals surface area contributed by atoms with Gasteiger partial charge in [0.1, 0.15) is 10.8 Å². The van der Waals surface area contributed by atoms with Gasteiger partial charge in [0, 0.05) is 6.61 Å². The van der Waals surface area contributed by atoms with E-state index in [0.717, 1.165) is 12.8 Å². The number of hydrogen-bond donors (Lipinski definition) is 1. The molecule has 2 rings (SSSR count). The van der Waals surface area contributed by atoms with Crippen molar-refractivity contribution in [3.05, 3.63) is 28.5 Å². The van der Waals surface area contributed by atoms with Crippen LogP contribution < -0.4 is 0 Å². The molecule has 0 spiro atoms. The van der Waals surface area contributed by atoms with Gasteiger partial charge in [-0.05, 0) is 64.0 Å². The summed E-state index contributed by atoms with van der Waals surface area (Å²) in [6.07, 6.45) is 2.64. The first-order valence-electron chi connectivity index (χ1n) is 7.30. The molecule has 1 aliphatic rings. The number of aryl methyl sites for hydroxylation is 1. The van der Waals surface area contributed by atoms with Gasteiger partial charge in [0.05, 0.1) is 11.3 Å². The number of carbonyl (C=O) groups is 1. The van der Waals surface area contributed by atoms with Crippen molar-refractivity contribution in [3.8, 4) is 0 Å². The number of pyridine rings is 1. The van der Waals surface area contributed by atoms with E-state index in [1.807, 2.05) is 20.8 Å². The molecule has 116 valence electrons. The summed E-state index contributed by atoms with van der Waals surface area (Å²) in [5.41, 5.74) is 0.628. The van der Waals surface area contributed by atoms with Crippen LogP contribution >= 0.6 is 11.6 Å². The molecule has 21 heavy (non-hydrogen) atoms. The maximum absolute atomic E-state index is 12.2. The Morgan fingerprint density at radius 3 is 2.71 bits per heavy atom. The van der Waals surface area contributed by atoms with Crippen LogP contribution in [0.15, 0.2) is 12.1 Å². The Bertz CT molecular complexity index is 525. The van der Waals surface area contributed by atoms with Crippen LogP contribution in [0.3, 0.4) is 0 Å². The quantitative estimate of drug-likeness (QED) is 0.670. The van der Waals surface area contributed by atoms with E-state index in [4.69, 9.17) is 21.4 Å². The van der Waals surface area contributed by atoms with E-state index in [0.29, 0.717) is 34.7 Å². The SMILES string of the molecule is CC(C)(C)OC(=O)c1ccc(Cl)nc1CC[C@H]1C[C@H]1CO. The van der Waals surface area contributed by atoms with Gasteiger partial charge in [0.25, 0.3) is 0 Å². The molecule has 1 aromatic heterocycles. The van der Waals surface area contributed by atoms with Crippen molar-refractivity contribution in [3.63, 3.8) is 0 Å². The van der Waals surface area contributed by atoms with Gasteiger partial charge < -0.3 is 9.84 Å². The molecule has 1 aliphatic carbocycles. The first-order chi connectivity index (χ1) is 9.80. The minimum atomic E-state index is -0.535. The fraction of sp³-hybridized carbons (Fsp3) is 0.625. The second-order valence-electron chi connectivity index (χ2n) is 6.61. The minimum Gasteiger partial charge on any atom is -0.456 e. The van der Waals surface area contributed by atoms with Gasteiger partial charge in [-0.1, -0.05) is 11.6 Å². The molecule has 0 unspecified atom stereocenters. The topological polar surface area (TPSA) is 59.4 Å². The first-order valence-corrected chi connectivity index (χ1v) is 7.67. The normalized spacial score (nSPS) is 21.2. The minimum absolute atomic E-state index is 0.243. The average molecular weight is 312 g/mol. The highest BCUT2D eigenvalue weighted by molar-refractivity contribution is 6.29. The smallest absolute Gasteiger partial charge is 0.340 e. The number of rotatable bonds is 5. The summed E-state index contributed by atoms with van der Waals surface area (Å²) in [5.74, 6) is 0.576.